The number of rotatable bonds is 5. The molecule has 0 amide bonds. The van der Waals surface area contributed by atoms with E-state index in [1.54, 1.807) is 18.2 Å². The summed E-state index contributed by atoms with van der Waals surface area (Å²) in [4.78, 5) is 11.2. The van der Waals surface area contributed by atoms with E-state index in [9.17, 15) is 10.1 Å². The van der Waals surface area contributed by atoms with Crippen molar-refractivity contribution in [3.63, 3.8) is 0 Å². The van der Waals surface area contributed by atoms with E-state index in [1.807, 2.05) is 60.7 Å². The summed E-state index contributed by atoms with van der Waals surface area (Å²) >= 11 is 0. The van der Waals surface area contributed by atoms with E-state index in [2.05, 4.69) is 36.4 Å². The minimum absolute atomic E-state index is 0.115. The van der Waals surface area contributed by atoms with Crippen LogP contribution in [0, 0.1) is 10.1 Å². The molecule has 4 heteroatoms. The maximum atomic E-state index is 11.5. The molecule has 3 nitrogen and oxygen atoms in total. The van der Waals surface area contributed by atoms with Crippen LogP contribution in [0.15, 0.2) is 115 Å². The Morgan fingerprint density at radius 3 is 1.32 bits per heavy atom. The van der Waals surface area contributed by atoms with Crippen LogP contribution >= 0.6 is 7.26 Å². The topological polar surface area (TPSA) is 43.1 Å². The second-order valence-corrected chi connectivity index (χ2v) is 9.86. The lowest BCUT2D eigenvalue weighted by Crippen LogP contribution is -2.38. The van der Waals surface area contributed by atoms with Gasteiger partial charge in [0.1, 0.15) is 28.5 Å². The van der Waals surface area contributed by atoms with Crippen LogP contribution in [0.25, 0.3) is 0 Å². The highest BCUT2D eigenvalue weighted by Crippen LogP contribution is 2.54. The maximum Gasteiger partial charge on any atom is 0.273 e. The number of nitrogens with zero attached hydrogens (tertiary/aromatic N) is 1. The Bertz CT molecular complexity index is 986. The first kappa shape index (κ1) is 18.1. The van der Waals surface area contributed by atoms with Crippen molar-refractivity contribution in [2.45, 2.75) is 0 Å². The molecule has 0 unspecified atom stereocenters. The van der Waals surface area contributed by atoms with E-state index < -0.39 is 7.26 Å². The van der Waals surface area contributed by atoms with Crippen molar-refractivity contribution in [1.29, 1.82) is 0 Å². The minimum atomic E-state index is -2.28. The summed E-state index contributed by atoms with van der Waals surface area (Å²) in [5, 5.41) is 16.0. The van der Waals surface area contributed by atoms with Crippen LogP contribution in [0.3, 0.4) is 0 Å². The first-order valence-electron chi connectivity index (χ1n) is 9.04. The summed E-state index contributed by atoms with van der Waals surface area (Å²) in [5.74, 6) is 0. The zero-order valence-electron chi connectivity index (χ0n) is 15.2. The summed E-state index contributed by atoms with van der Waals surface area (Å²) in [5.41, 5.74) is 0.115. The van der Waals surface area contributed by atoms with E-state index in [-0.39, 0.29) is 10.6 Å². The van der Waals surface area contributed by atoms with Gasteiger partial charge in [0, 0.05) is 6.07 Å². The average Bonchev–Trinajstić information content (AvgIpc) is 2.77. The Kier molecular flexibility index (Phi) is 5.01. The molecule has 0 aliphatic heterocycles. The third-order valence-corrected chi connectivity index (χ3v) is 9.13. The van der Waals surface area contributed by atoms with Gasteiger partial charge >= 0.3 is 0 Å². The van der Waals surface area contributed by atoms with Crippen LogP contribution in [0.5, 0.6) is 0 Å². The van der Waals surface area contributed by atoms with E-state index in [0.717, 1.165) is 5.30 Å². The number of hydrogen-bond donors (Lipinski definition) is 0. The molecule has 0 aromatic heterocycles. The largest absolute Gasteiger partial charge is 0.273 e. The molecule has 0 N–H and O–H groups in total. The molecule has 0 fully saturated rings. The Morgan fingerprint density at radius 2 is 0.929 bits per heavy atom. The van der Waals surface area contributed by atoms with Gasteiger partial charge in [-0.1, -0.05) is 60.7 Å². The first-order chi connectivity index (χ1) is 13.7. The lowest BCUT2D eigenvalue weighted by molar-refractivity contribution is -0.384. The molecule has 0 heterocycles. The molecular formula is C24H19NO2P+. The summed E-state index contributed by atoms with van der Waals surface area (Å²) in [7, 11) is -2.28. The molecule has 0 saturated carbocycles. The Balaban J connectivity index is 2.13. The van der Waals surface area contributed by atoms with Crippen molar-refractivity contribution < 1.29 is 4.92 Å². The molecule has 0 spiro atoms. The lowest BCUT2D eigenvalue weighted by atomic mass is 10.3. The van der Waals surface area contributed by atoms with Crippen molar-refractivity contribution in [3.05, 3.63) is 125 Å². The highest BCUT2D eigenvalue weighted by Gasteiger charge is 2.48. The van der Waals surface area contributed by atoms with Crippen molar-refractivity contribution in [2.24, 2.45) is 0 Å². The molecule has 4 aromatic carbocycles. The Hall–Kier alpha value is -3.29. The lowest BCUT2D eigenvalue weighted by Gasteiger charge is -2.27. The summed E-state index contributed by atoms with van der Waals surface area (Å²) in [6, 6.07) is 38.1. The van der Waals surface area contributed by atoms with E-state index >= 15 is 0 Å². The van der Waals surface area contributed by atoms with Crippen LogP contribution in [0.2, 0.25) is 0 Å². The molecule has 0 saturated heterocycles. The number of non-ortho nitro benzene ring substituents is 1. The van der Waals surface area contributed by atoms with Gasteiger partial charge in [-0.3, -0.25) is 10.1 Å². The maximum absolute atomic E-state index is 11.5. The number of benzene rings is 4. The zero-order chi connectivity index (χ0) is 19.4. The molecule has 0 atom stereocenters. The van der Waals surface area contributed by atoms with Crippen LogP contribution in [0.4, 0.5) is 5.69 Å². The zero-order valence-corrected chi connectivity index (χ0v) is 16.1. The minimum Gasteiger partial charge on any atom is -0.258 e. The van der Waals surface area contributed by atoms with Crippen LogP contribution in [0.1, 0.15) is 0 Å². The van der Waals surface area contributed by atoms with Crippen molar-refractivity contribution in [2.75, 3.05) is 0 Å². The highest BCUT2D eigenvalue weighted by molar-refractivity contribution is 8.01. The monoisotopic (exact) mass is 384 g/mol. The van der Waals surface area contributed by atoms with Crippen molar-refractivity contribution in [1.82, 2.24) is 0 Å². The van der Waals surface area contributed by atoms with Crippen LogP contribution < -0.4 is 21.2 Å². The first-order valence-corrected chi connectivity index (χ1v) is 10.8. The fraction of sp³-hybridized carbons (Fsp3) is 0. The van der Waals surface area contributed by atoms with Gasteiger partial charge < -0.3 is 0 Å². The smallest absolute Gasteiger partial charge is 0.258 e. The molecule has 28 heavy (non-hydrogen) atoms. The van der Waals surface area contributed by atoms with E-state index in [0.29, 0.717) is 0 Å². The van der Waals surface area contributed by atoms with Gasteiger partial charge in [0.15, 0.2) is 0 Å². The van der Waals surface area contributed by atoms with Gasteiger partial charge in [-0.2, -0.15) is 0 Å². The average molecular weight is 384 g/mol. The van der Waals surface area contributed by atoms with Gasteiger partial charge in [-0.05, 0) is 42.5 Å². The van der Waals surface area contributed by atoms with Gasteiger partial charge in [-0.25, -0.2) is 0 Å². The third-order valence-electron chi connectivity index (χ3n) is 4.86. The molecule has 136 valence electrons. The van der Waals surface area contributed by atoms with Crippen molar-refractivity contribution in [3.8, 4) is 0 Å². The molecule has 4 rings (SSSR count). The Labute approximate surface area is 164 Å². The van der Waals surface area contributed by atoms with Gasteiger partial charge in [0.25, 0.3) is 5.69 Å². The van der Waals surface area contributed by atoms with E-state index in [1.165, 1.54) is 15.9 Å². The predicted molar refractivity (Wildman–Crippen MR) is 118 cm³/mol. The molecule has 0 aliphatic carbocycles. The predicted octanol–water partition coefficient (Wildman–Crippen LogP) is 4.21. The quantitative estimate of drug-likeness (QED) is 0.294. The highest BCUT2D eigenvalue weighted by atomic mass is 31.2. The van der Waals surface area contributed by atoms with Gasteiger partial charge in [0.2, 0.25) is 0 Å². The third kappa shape index (κ3) is 3.11. The number of nitro benzene ring substituents is 1. The second-order valence-electron chi connectivity index (χ2n) is 6.45. The molecule has 0 radical (unpaired) electrons. The van der Waals surface area contributed by atoms with Crippen molar-refractivity contribution >= 4 is 34.2 Å². The standard InChI is InChI=1S/C24H19NO2P/c26-25(27)20-11-10-18-24(19-20)28(21-12-4-1-5-13-21,22-14-6-2-7-15-22)23-16-8-3-9-17-23/h1-19H/q+1. The van der Waals surface area contributed by atoms with Crippen LogP contribution in [-0.4, -0.2) is 4.92 Å². The SMILES string of the molecule is O=[N+]([O-])c1cccc([P+](c2ccccc2)(c2ccccc2)c2ccccc2)c1. The second kappa shape index (κ2) is 7.75. The molecule has 0 aliphatic rings. The summed E-state index contributed by atoms with van der Waals surface area (Å²) < 4.78 is 0. The Morgan fingerprint density at radius 1 is 0.536 bits per heavy atom. The fourth-order valence-electron chi connectivity index (χ4n) is 3.66. The van der Waals surface area contributed by atoms with E-state index in [4.69, 9.17) is 0 Å². The van der Waals surface area contributed by atoms with Gasteiger partial charge in [-0.15, -0.1) is 0 Å². The van der Waals surface area contributed by atoms with Crippen LogP contribution in [-0.2, 0) is 0 Å². The fourth-order valence-corrected chi connectivity index (χ4v) is 7.95. The number of hydrogen-bond acceptors (Lipinski definition) is 2. The normalized spacial score (nSPS) is 11.1. The summed E-state index contributed by atoms with van der Waals surface area (Å²) in [6.45, 7) is 0. The molecule has 4 aromatic rings. The molecule has 0 bridgehead atoms. The summed E-state index contributed by atoms with van der Waals surface area (Å²) in [6.07, 6.45) is 0. The number of nitro groups is 1. The van der Waals surface area contributed by atoms with Gasteiger partial charge in [0.05, 0.1) is 11.0 Å². The molecular weight excluding hydrogens is 365 g/mol.